The summed E-state index contributed by atoms with van der Waals surface area (Å²) in [5.41, 5.74) is 1.77. The molecule has 0 heterocycles. The topological polar surface area (TPSA) is 52.6 Å². The van der Waals surface area contributed by atoms with Gasteiger partial charge in [-0.15, -0.1) is 12.3 Å². The predicted molar refractivity (Wildman–Crippen MR) is 136 cm³/mol. The number of Topliss-reactive ketones (excluding diaryl/α,β-unsaturated/α-hetero) is 2. The first-order chi connectivity index (χ1) is 15.5. The van der Waals surface area contributed by atoms with Crippen LogP contribution in [0.25, 0.3) is 6.08 Å². The molecule has 0 unspecified atom stereocenters. The molecule has 0 spiro atoms. The van der Waals surface area contributed by atoms with Gasteiger partial charge in [0.2, 0.25) is 8.32 Å². The molecule has 0 N–H and O–H groups in total. The minimum Gasteiger partial charge on any atom is -0.543 e. The van der Waals surface area contributed by atoms with Gasteiger partial charge in [-0.1, -0.05) is 45.0 Å². The van der Waals surface area contributed by atoms with Gasteiger partial charge in [0.05, 0.1) is 12.2 Å². The van der Waals surface area contributed by atoms with Gasteiger partial charge in [-0.05, 0) is 54.7 Å². The van der Waals surface area contributed by atoms with E-state index < -0.39 is 8.32 Å². The van der Waals surface area contributed by atoms with Gasteiger partial charge >= 0.3 is 0 Å². The first kappa shape index (κ1) is 24.5. The van der Waals surface area contributed by atoms with Gasteiger partial charge in [-0.25, -0.2) is 0 Å². The summed E-state index contributed by atoms with van der Waals surface area (Å²) in [7, 11) is -2.10. The highest BCUT2D eigenvalue weighted by atomic mass is 28.4. The lowest BCUT2D eigenvalue weighted by atomic mass is 10.1. The SMILES string of the molecule is C#CCCCCOc1cc(C=C2C(=O)c3ccccc3C2=O)cc(O[Si](C)(C)C(C)(C)C)c1. The molecular formula is C28H32O4Si. The van der Waals surface area contributed by atoms with Crippen molar-refractivity contribution in [3.63, 3.8) is 0 Å². The van der Waals surface area contributed by atoms with E-state index in [9.17, 15) is 9.59 Å². The zero-order valence-corrected chi connectivity index (χ0v) is 21.2. The number of hydrogen-bond donors (Lipinski definition) is 0. The third kappa shape index (κ3) is 5.64. The third-order valence-corrected chi connectivity index (χ3v) is 10.6. The smallest absolute Gasteiger partial charge is 0.250 e. The van der Waals surface area contributed by atoms with E-state index in [1.807, 2.05) is 18.2 Å². The maximum atomic E-state index is 12.9. The number of fused-ring (bicyclic) bond motifs is 1. The van der Waals surface area contributed by atoms with Crippen LogP contribution >= 0.6 is 0 Å². The average molecular weight is 461 g/mol. The molecule has 172 valence electrons. The molecule has 0 bridgehead atoms. The van der Waals surface area contributed by atoms with Crippen LogP contribution in [0.3, 0.4) is 0 Å². The highest BCUT2D eigenvalue weighted by molar-refractivity contribution is 6.74. The maximum Gasteiger partial charge on any atom is 0.250 e. The van der Waals surface area contributed by atoms with Gasteiger partial charge in [0.1, 0.15) is 11.5 Å². The molecule has 0 atom stereocenters. The number of unbranched alkanes of at least 4 members (excludes halogenated alkanes) is 2. The van der Waals surface area contributed by atoms with Gasteiger partial charge in [-0.2, -0.15) is 0 Å². The molecule has 2 aromatic carbocycles. The zero-order valence-electron chi connectivity index (χ0n) is 20.2. The second-order valence-corrected chi connectivity index (χ2v) is 14.6. The number of allylic oxidation sites excluding steroid dienone is 1. The van der Waals surface area contributed by atoms with Crippen LogP contribution in [0.15, 0.2) is 48.0 Å². The Morgan fingerprint density at radius 2 is 1.58 bits per heavy atom. The normalized spacial score (nSPS) is 13.5. The van der Waals surface area contributed by atoms with Crippen LogP contribution < -0.4 is 9.16 Å². The van der Waals surface area contributed by atoms with Crippen molar-refractivity contribution in [3.8, 4) is 23.8 Å². The summed E-state index contributed by atoms with van der Waals surface area (Å²) in [6.45, 7) is 11.4. The molecule has 33 heavy (non-hydrogen) atoms. The molecule has 0 radical (unpaired) electrons. The van der Waals surface area contributed by atoms with E-state index in [-0.39, 0.29) is 22.2 Å². The minimum atomic E-state index is -2.10. The van der Waals surface area contributed by atoms with Crippen LogP contribution in [-0.2, 0) is 0 Å². The molecule has 2 aromatic rings. The van der Waals surface area contributed by atoms with E-state index in [1.54, 1.807) is 30.3 Å². The average Bonchev–Trinajstić information content (AvgIpc) is 2.97. The second kappa shape index (κ2) is 9.80. The fourth-order valence-electron chi connectivity index (χ4n) is 3.36. The molecule has 5 heteroatoms. The van der Waals surface area contributed by atoms with Crippen molar-refractivity contribution in [2.24, 2.45) is 0 Å². The Morgan fingerprint density at radius 1 is 0.970 bits per heavy atom. The largest absolute Gasteiger partial charge is 0.543 e. The summed E-state index contributed by atoms with van der Waals surface area (Å²) in [6, 6.07) is 12.5. The summed E-state index contributed by atoms with van der Waals surface area (Å²) in [6.07, 6.45) is 9.44. The summed E-state index contributed by atoms with van der Waals surface area (Å²) < 4.78 is 12.5. The Bertz CT molecular complexity index is 1090. The molecule has 1 aliphatic rings. The molecule has 3 rings (SSSR count). The van der Waals surface area contributed by atoms with Crippen LogP contribution in [0.4, 0.5) is 0 Å². The summed E-state index contributed by atoms with van der Waals surface area (Å²) in [5.74, 6) is 3.48. The van der Waals surface area contributed by atoms with Crippen LogP contribution in [0.1, 0.15) is 66.3 Å². The van der Waals surface area contributed by atoms with Gasteiger partial charge in [0.25, 0.3) is 0 Å². The van der Waals surface area contributed by atoms with Crippen molar-refractivity contribution in [3.05, 3.63) is 64.7 Å². The first-order valence-corrected chi connectivity index (χ1v) is 14.2. The van der Waals surface area contributed by atoms with Crippen molar-refractivity contribution in [2.75, 3.05) is 6.61 Å². The molecule has 0 amide bonds. The minimum absolute atomic E-state index is 0.0245. The van der Waals surface area contributed by atoms with Crippen molar-refractivity contribution in [1.82, 2.24) is 0 Å². The molecule has 4 nitrogen and oxygen atoms in total. The summed E-state index contributed by atoms with van der Waals surface area (Å²) in [5, 5.41) is 0.0245. The van der Waals surface area contributed by atoms with Crippen molar-refractivity contribution < 1.29 is 18.8 Å². The first-order valence-electron chi connectivity index (χ1n) is 11.3. The van der Waals surface area contributed by atoms with E-state index in [2.05, 4.69) is 39.8 Å². The van der Waals surface area contributed by atoms with E-state index in [4.69, 9.17) is 15.6 Å². The molecule has 0 saturated heterocycles. The lowest BCUT2D eigenvalue weighted by Crippen LogP contribution is -2.43. The number of carbonyl (C=O) groups is 2. The number of hydrogen-bond acceptors (Lipinski definition) is 4. The third-order valence-electron chi connectivity index (χ3n) is 6.28. The van der Waals surface area contributed by atoms with Crippen LogP contribution in [0, 0.1) is 12.3 Å². The lowest BCUT2D eigenvalue weighted by Gasteiger charge is -2.36. The lowest BCUT2D eigenvalue weighted by molar-refractivity contribution is 0.0990. The molecular weight excluding hydrogens is 428 g/mol. The number of terminal acetylenes is 1. The van der Waals surface area contributed by atoms with Crippen LogP contribution in [0.2, 0.25) is 18.1 Å². The molecule has 0 saturated carbocycles. The number of carbonyl (C=O) groups excluding carboxylic acids is 2. The number of benzene rings is 2. The molecule has 0 aliphatic heterocycles. The zero-order chi connectivity index (χ0) is 24.2. The quantitative estimate of drug-likeness (QED) is 0.144. The Balaban J connectivity index is 1.94. The standard InChI is InChI=1S/C28H32O4Si/c1-7-8-9-12-15-31-21-16-20(17-22(19-21)32-33(5,6)28(2,3)4)18-25-26(29)23-13-10-11-14-24(23)27(25)30/h1,10-11,13-14,16-19H,8-9,12,15H2,2-6H3. The highest BCUT2D eigenvalue weighted by Crippen LogP contribution is 2.39. The van der Waals surface area contributed by atoms with Gasteiger partial charge < -0.3 is 9.16 Å². The fourth-order valence-corrected chi connectivity index (χ4v) is 4.37. The monoisotopic (exact) mass is 460 g/mol. The van der Waals surface area contributed by atoms with Crippen LogP contribution in [0.5, 0.6) is 11.5 Å². The van der Waals surface area contributed by atoms with Gasteiger partial charge in [0, 0.05) is 23.6 Å². The van der Waals surface area contributed by atoms with E-state index in [0.29, 0.717) is 34.8 Å². The van der Waals surface area contributed by atoms with Gasteiger partial charge in [-0.3, -0.25) is 9.59 Å². The van der Waals surface area contributed by atoms with E-state index in [1.165, 1.54) is 0 Å². The summed E-state index contributed by atoms with van der Waals surface area (Å²) >= 11 is 0. The van der Waals surface area contributed by atoms with Crippen molar-refractivity contribution in [2.45, 2.75) is 58.2 Å². The van der Waals surface area contributed by atoms with Crippen LogP contribution in [-0.4, -0.2) is 26.5 Å². The number of rotatable bonds is 8. The number of ketones is 2. The van der Waals surface area contributed by atoms with Crippen molar-refractivity contribution >= 4 is 26.0 Å². The molecule has 1 aliphatic carbocycles. The Kier molecular flexibility index (Phi) is 7.29. The second-order valence-electron chi connectivity index (χ2n) is 9.87. The summed E-state index contributed by atoms with van der Waals surface area (Å²) in [4.78, 5) is 25.7. The highest BCUT2D eigenvalue weighted by Gasteiger charge is 2.39. The Hall–Kier alpha value is -3.10. The maximum absolute atomic E-state index is 12.9. The Labute approximate surface area is 198 Å². The molecule has 0 fully saturated rings. The predicted octanol–water partition coefficient (Wildman–Crippen LogP) is 6.72. The van der Waals surface area contributed by atoms with Crippen molar-refractivity contribution in [1.29, 1.82) is 0 Å². The van der Waals surface area contributed by atoms with E-state index in [0.717, 1.165) is 19.3 Å². The van der Waals surface area contributed by atoms with Gasteiger partial charge in [0.15, 0.2) is 11.6 Å². The number of ether oxygens (including phenoxy) is 1. The Morgan fingerprint density at radius 3 is 2.15 bits per heavy atom. The molecule has 0 aromatic heterocycles. The van der Waals surface area contributed by atoms with E-state index >= 15 is 0 Å². The fraction of sp³-hybridized carbons (Fsp3) is 0.357.